The van der Waals surface area contributed by atoms with Crippen LogP contribution in [0.1, 0.15) is 36.9 Å². The minimum Gasteiger partial charge on any atom is -0.479 e. The molecule has 3 unspecified atom stereocenters. The highest BCUT2D eigenvalue weighted by atomic mass is 35.5. The number of pyridine rings is 2. The first kappa shape index (κ1) is 24.0. The van der Waals surface area contributed by atoms with Crippen LogP contribution in [0.4, 0.5) is 4.39 Å². The van der Waals surface area contributed by atoms with Crippen LogP contribution in [0.3, 0.4) is 0 Å². The quantitative estimate of drug-likeness (QED) is 0.391. The topological polar surface area (TPSA) is 117 Å². The van der Waals surface area contributed by atoms with Crippen molar-refractivity contribution in [3.05, 3.63) is 59.0 Å². The van der Waals surface area contributed by atoms with E-state index in [2.05, 4.69) is 33.5 Å². The molecule has 1 N–H and O–H groups in total. The fourth-order valence-corrected chi connectivity index (χ4v) is 4.92. The molecule has 10 nitrogen and oxygen atoms in total. The lowest BCUT2D eigenvalue weighted by atomic mass is 9.94. The molecule has 0 bridgehead atoms. The molecule has 4 aromatic heterocycles. The zero-order valence-corrected chi connectivity index (χ0v) is 20.5. The maximum Gasteiger partial charge on any atom is 0.179 e. The minimum atomic E-state index is -0.849. The molecule has 1 aliphatic heterocycles. The molecule has 0 saturated carbocycles. The molecule has 5 heterocycles. The van der Waals surface area contributed by atoms with Crippen LogP contribution in [-0.2, 0) is 0 Å². The van der Waals surface area contributed by atoms with Gasteiger partial charge in [-0.1, -0.05) is 23.7 Å². The molecule has 4 aromatic rings. The van der Waals surface area contributed by atoms with E-state index in [1.165, 1.54) is 18.3 Å². The van der Waals surface area contributed by atoms with Crippen molar-refractivity contribution in [2.45, 2.75) is 32.4 Å². The Morgan fingerprint density at radius 3 is 2.89 bits per heavy atom. The Morgan fingerprint density at radius 1 is 1.36 bits per heavy atom. The summed E-state index contributed by atoms with van der Waals surface area (Å²) >= 11 is 6.40. The maximum atomic E-state index is 13.4. The number of piperidine rings is 1. The van der Waals surface area contributed by atoms with Crippen molar-refractivity contribution in [2.24, 2.45) is 5.92 Å². The lowest BCUT2D eigenvalue weighted by Gasteiger charge is -2.34. The molecule has 1 saturated heterocycles. The second-order valence-corrected chi connectivity index (χ2v) is 9.32. The third-order valence-electron chi connectivity index (χ3n) is 6.56. The minimum absolute atomic E-state index is 0.123. The van der Waals surface area contributed by atoms with Crippen molar-refractivity contribution in [2.75, 3.05) is 19.7 Å². The summed E-state index contributed by atoms with van der Waals surface area (Å²) in [4.78, 5) is 5.80. The summed E-state index contributed by atoms with van der Waals surface area (Å²) in [6, 6.07) is 4.62. The number of aromatic nitrogens is 6. The Hall–Kier alpha value is -3.75. The molecule has 1 aliphatic rings. The SMILES string of the molecule is Cc1c(-c2cc(OC(CO)c3ccc(F)cn3)c3c(Cl)cnn3c2)nnn1C1CCN(C#N)CC1C. The van der Waals surface area contributed by atoms with Crippen LogP contribution in [0.2, 0.25) is 5.02 Å². The number of rotatable bonds is 6. The molecule has 0 amide bonds. The van der Waals surface area contributed by atoms with Crippen molar-refractivity contribution in [3.8, 4) is 23.2 Å². The van der Waals surface area contributed by atoms with Gasteiger partial charge in [0.25, 0.3) is 0 Å². The third kappa shape index (κ3) is 4.34. The molecule has 186 valence electrons. The Morgan fingerprint density at radius 2 is 2.19 bits per heavy atom. The molecule has 0 aromatic carbocycles. The van der Waals surface area contributed by atoms with Gasteiger partial charge in [-0.15, -0.1) is 5.10 Å². The van der Waals surface area contributed by atoms with E-state index in [1.54, 1.807) is 21.7 Å². The Bertz CT molecular complexity index is 1430. The van der Waals surface area contributed by atoms with E-state index in [9.17, 15) is 14.8 Å². The van der Waals surface area contributed by atoms with Gasteiger partial charge in [0, 0.05) is 24.8 Å². The maximum absolute atomic E-state index is 13.4. The van der Waals surface area contributed by atoms with Crippen molar-refractivity contribution in [1.82, 2.24) is 34.5 Å². The highest BCUT2D eigenvalue weighted by Crippen LogP contribution is 2.36. The summed E-state index contributed by atoms with van der Waals surface area (Å²) in [7, 11) is 0. The fourth-order valence-electron chi connectivity index (χ4n) is 4.70. The van der Waals surface area contributed by atoms with Gasteiger partial charge in [0.1, 0.15) is 22.8 Å². The number of nitriles is 1. The van der Waals surface area contributed by atoms with E-state index >= 15 is 0 Å². The predicted octanol–water partition coefficient (Wildman–Crippen LogP) is 3.57. The van der Waals surface area contributed by atoms with E-state index in [0.717, 1.165) is 18.3 Å². The number of hydrogen-bond acceptors (Lipinski definition) is 8. The summed E-state index contributed by atoms with van der Waals surface area (Å²) < 4.78 is 23.0. The molecule has 12 heteroatoms. The third-order valence-corrected chi connectivity index (χ3v) is 6.84. The van der Waals surface area contributed by atoms with Gasteiger partial charge in [0.2, 0.25) is 0 Å². The predicted molar refractivity (Wildman–Crippen MR) is 129 cm³/mol. The first-order chi connectivity index (χ1) is 17.4. The number of aliphatic hydroxyl groups is 1. The number of ether oxygens (including phenoxy) is 1. The first-order valence-corrected chi connectivity index (χ1v) is 11.9. The molecule has 3 atom stereocenters. The van der Waals surface area contributed by atoms with Crippen LogP contribution in [0.5, 0.6) is 5.75 Å². The van der Waals surface area contributed by atoms with Gasteiger partial charge in [-0.3, -0.25) is 4.98 Å². The molecule has 5 rings (SSSR count). The van der Waals surface area contributed by atoms with Gasteiger partial charge < -0.3 is 14.7 Å². The Balaban J connectivity index is 1.52. The summed E-state index contributed by atoms with van der Waals surface area (Å²) in [5, 5.41) is 32.8. The lowest BCUT2D eigenvalue weighted by Crippen LogP contribution is -2.38. The zero-order chi connectivity index (χ0) is 25.4. The molecule has 0 aliphatic carbocycles. The highest BCUT2D eigenvalue weighted by Gasteiger charge is 2.30. The largest absolute Gasteiger partial charge is 0.479 e. The van der Waals surface area contributed by atoms with Gasteiger partial charge in [-0.05, 0) is 37.5 Å². The van der Waals surface area contributed by atoms with Crippen LogP contribution in [0.25, 0.3) is 16.8 Å². The van der Waals surface area contributed by atoms with Crippen molar-refractivity contribution < 1.29 is 14.2 Å². The van der Waals surface area contributed by atoms with E-state index in [1.807, 2.05) is 11.6 Å². The number of nitrogens with zero attached hydrogens (tertiary/aromatic N) is 8. The summed E-state index contributed by atoms with van der Waals surface area (Å²) in [5.41, 5.74) is 3.12. The Labute approximate surface area is 211 Å². The number of hydrogen-bond donors (Lipinski definition) is 1. The molecule has 0 radical (unpaired) electrons. The zero-order valence-electron chi connectivity index (χ0n) is 19.7. The molecule has 1 fully saturated rings. The molecular weight excluding hydrogens is 487 g/mol. The van der Waals surface area contributed by atoms with Gasteiger partial charge in [0.15, 0.2) is 12.3 Å². The number of likely N-dealkylation sites (tertiary alicyclic amines) is 1. The van der Waals surface area contributed by atoms with Gasteiger partial charge in [-0.25, -0.2) is 13.6 Å². The smallest absolute Gasteiger partial charge is 0.179 e. The molecular formula is C24H24ClFN8O2. The number of halogens is 2. The van der Waals surface area contributed by atoms with Crippen molar-refractivity contribution in [1.29, 1.82) is 5.26 Å². The van der Waals surface area contributed by atoms with Crippen LogP contribution in [0, 0.1) is 30.1 Å². The number of aliphatic hydroxyl groups excluding tert-OH is 1. The van der Waals surface area contributed by atoms with E-state index < -0.39 is 11.9 Å². The monoisotopic (exact) mass is 510 g/mol. The van der Waals surface area contributed by atoms with Gasteiger partial charge >= 0.3 is 0 Å². The van der Waals surface area contributed by atoms with Crippen LogP contribution >= 0.6 is 11.6 Å². The average molecular weight is 511 g/mol. The standard InChI is InChI=1S/C24H24ClFN8O2/c1-14-10-32(13-27)6-5-20(14)34-15(2)23(30-31-34)16-7-21(24-18(25)9-29-33(24)11-16)36-22(12-35)19-4-3-17(26)8-28-19/h3-4,7-9,11,14,20,22,35H,5-6,10,12H2,1-2H3. The van der Waals surface area contributed by atoms with Crippen molar-refractivity contribution >= 4 is 17.1 Å². The Kier molecular flexibility index (Phi) is 6.47. The summed E-state index contributed by atoms with van der Waals surface area (Å²) in [5.74, 6) is 0.112. The summed E-state index contributed by atoms with van der Waals surface area (Å²) in [6.07, 6.45) is 6.54. The van der Waals surface area contributed by atoms with E-state index in [0.29, 0.717) is 46.3 Å². The highest BCUT2D eigenvalue weighted by molar-refractivity contribution is 6.34. The molecule has 0 spiro atoms. The van der Waals surface area contributed by atoms with Crippen LogP contribution in [-0.4, -0.2) is 59.3 Å². The average Bonchev–Trinajstić information content (AvgIpc) is 3.45. The molecule has 36 heavy (non-hydrogen) atoms. The first-order valence-electron chi connectivity index (χ1n) is 11.5. The van der Waals surface area contributed by atoms with Crippen LogP contribution in [0.15, 0.2) is 36.8 Å². The fraction of sp³-hybridized carbons (Fsp3) is 0.375. The van der Waals surface area contributed by atoms with E-state index in [-0.39, 0.29) is 18.6 Å². The van der Waals surface area contributed by atoms with Gasteiger partial charge in [0.05, 0.1) is 41.5 Å². The normalized spacial score (nSPS) is 18.8. The van der Waals surface area contributed by atoms with Gasteiger partial charge in [-0.2, -0.15) is 10.4 Å². The second-order valence-electron chi connectivity index (χ2n) is 8.92. The second kappa shape index (κ2) is 9.72. The number of fused-ring (bicyclic) bond motifs is 1. The van der Waals surface area contributed by atoms with E-state index in [4.69, 9.17) is 16.3 Å². The summed E-state index contributed by atoms with van der Waals surface area (Å²) in [6.45, 7) is 5.03. The van der Waals surface area contributed by atoms with Crippen molar-refractivity contribution in [3.63, 3.8) is 0 Å². The lowest BCUT2D eigenvalue weighted by molar-refractivity contribution is 0.114. The van der Waals surface area contributed by atoms with Crippen LogP contribution < -0.4 is 4.74 Å².